The van der Waals surface area contributed by atoms with Gasteiger partial charge < -0.3 is 59.1 Å². The first-order chi connectivity index (χ1) is 30.8. The maximum Gasteiger partial charge on any atom is 0.407 e. The van der Waals surface area contributed by atoms with Gasteiger partial charge in [-0.1, -0.05) is 162 Å². The minimum atomic E-state index is -0.471. The number of rotatable bonds is 33. The van der Waals surface area contributed by atoms with Crippen molar-refractivity contribution in [3.8, 4) is 0 Å². The molecule has 15 nitrogen and oxygen atoms in total. The zero-order chi connectivity index (χ0) is 50.8. The van der Waals surface area contributed by atoms with Crippen LogP contribution in [0.2, 0.25) is 0 Å². The van der Waals surface area contributed by atoms with Crippen molar-refractivity contribution in [3.05, 3.63) is 0 Å². The Balaban J connectivity index is -0.0000000302. The van der Waals surface area contributed by atoms with Crippen LogP contribution in [0.1, 0.15) is 255 Å². The van der Waals surface area contributed by atoms with E-state index in [0.717, 1.165) is 123 Å². The van der Waals surface area contributed by atoms with E-state index in [9.17, 15) is 15.0 Å². The van der Waals surface area contributed by atoms with Crippen LogP contribution < -0.4 is 10.6 Å². The van der Waals surface area contributed by atoms with Crippen LogP contribution in [-0.4, -0.2) is 151 Å². The minimum Gasteiger partial charge on any atom is -0.450 e. The van der Waals surface area contributed by atoms with Crippen LogP contribution in [0.25, 0.3) is 0 Å². The van der Waals surface area contributed by atoms with Gasteiger partial charge >= 0.3 is 12.2 Å². The first-order valence-corrected chi connectivity index (χ1v) is 24.9. The van der Waals surface area contributed by atoms with Gasteiger partial charge in [-0.05, 0) is 105 Å². The largest absolute Gasteiger partial charge is 0.450 e. The fourth-order valence-electron chi connectivity index (χ4n) is 3.81. The maximum atomic E-state index is 10.5. The summed E-state index contributed by atoms with van der Waals surface area (Å²) in [5.74, 6) is 0.935. The van der Waals surface area contributed by atoms with Crippen LogP contribution in [0.5, 0.6) is 0 Å². The lowest BCUT2D eigenvalue weighted by Crippen LogP contribution is -2.23. The third-order valence-corrected chi connectivity index (χ3v) is 7.91. The van der Waals surface area contributed by atoms with Crippen molar-refractivity contribution in [2.24, 2.45) is 5.92 Å². The van der Waals surface area contributed by atoms with Crippen molar-refractivity contribution < 1.29 is 62.9 Å². The molecule has 0 fully saturated rings. The Hall–Kier alpha value is -1.75. The Bertz CT molecular complexity index is 750. The second kappa shape index (κ2) is 134. The third-order valence-electron chi connectivity index (χ3n) is 7.91. The molecule has 74 heavy (non-hydrogen) atoms. The van der Waals surface area contributed by atoms with Gasteiger partial charge in [-0.3, -0.25) is 0 Å². The highest BCUT2D eigenvalue weighted by Gasteiger charge is 2.03. The molecule has 15 heteroatoms. The van der Waals surface area contributed by atoms with Gasteiger partial charge in [0.25, 0.3) is 0 Å². The quantitative estimate of drug-likeness (QED) is 0.0389. The Kier molecular flexibility index (Phi) is 225. The van der Waals surface area contributed by atoms with Crippen LogP contribution in [-0.2, 0) is 42.7 Å². The van der Waals surface area contributed by atoms with E-state index in [1.165, 1.54) is 12.8 Å². The number of nitrogens with one attached hydrogen (secondary N) is 2. The summed E-state index contributed by atoms with van der Waals surface area (Å²) in [6.45, 7) is 42.3. The third kappa shape index (κ3) is 180. The Morgan fingerprint density at radius 2 is 0.811 bits per heavy atom. The zero-order valence-electron chi connectivity index (χ0n) is 44.5. The standard InChI is InChI=1S/C9H20O2.C8H18O3.C8H18O2.C6H13NO2.C6H15NO.C6H14.C5H12O.CO2.10CH4/c1-3-9(10)7-5-6-8-11-4-2;1-3-5-11-7-8(9)6-10-4-2;1-3-5-6-8(9)7-10-4-2;1-3-5-9-6(8)7-4-2;1-3-7-5-6-8-4-2;1-4-6(3)5-2;1-3-5-6-4-2;2-1-3;;;;;;;;;;/h9-10H,3-8H2,1-2H3;8-9H,3-7H2,1-2H3;8-9H,3-7H2,1-2H3;3-5H2,1-2H3,(H,7,8);7H,3-6H2,1-2H3;6H,4-5H2,1-3H3;3-5H2,1-2H3;;10*1H4. The predicted molar refractivity (Wildman–Crippen MR) is 331 cm³/mol. The monoisotopic (exact) mass is 1100 g/mol. The van der Waals surface area contributed by atoms with Gasteiger partial charge in [0, 0.05) is 65.9 Å². The van der Waals surface area contributed by atoms with E-state index in [2.05, 4.69) is 56.9 Å². The molecule has 0 aliphatic rings. The highest BCUT2D eigenvalue weighted by atomic mass is 16.5. The summed E-state index contributed by atoms with van der Waals surface area (Å²) in [6, 6.07) is 0. The van der Waals surface area contributed by atoms with E-state index in [0.29, 0.717) is 52.8 Å². The van der Waals surface area contributed by atoms with Crippen molar-refractivity contribution in [1.29, 1.82) is 0 Å². The molecular weight excluding hydrogens is 945 g/mol. The van der Waals surface area contributed by atoms with Crippen LogP contribution in [0.15, 0.2) is 0 Å². The van der Waals surface area contributed by atoms with Gasteiger partial charge in [0.2, 0.25) is 0 Å². The van der Waals surface area contributed by atoms with Gasteiger partial charge in [-0.25, -0.2) is 4.79 Å². The molecule has 0 rings (SSSR count). The van der Waals surface area contributed by atoms with E-state index in [4.69, 9.17) is 43.1 Å². The van der Waals surface area contributed by atoms with E-state index in [-0.39, 0.29) is 98.7 Å². The molecule has 0 aromatic carbocycles. The van der Waals surface area contributed by atoms with Gasteiger partial charge in [-0.2, -0.15) is 9.59 Å². The normalized spacial score (nSPS) is 9.55. The number of alkyl carbamates (subject to hydrolysis) is 1. The summed E-state index contributed by atoms with van der Waals surface area (Å²) in [5, 5.41) is 33.2. The number of hydrogen-bond acceptors (Lipinski definition) is 14. The van der Waals surface area contributed by atoms with E-state index >= 15 is 0 Å². The summed E-state index contributed by atoms with van der Waals surface area (Å²) in [4.78, 5) is 26.7. The van der Waals surface area contributed by atoms with Crippen LogP contribution in [0, 0.1) is 5.92 Å². The van der Waals surface area contributed by atoms with E-state index < -0.39 is 6.10 Å². The second-order valence-corrected chi connectivity index (χ2v) is 14.0. The van der Waals surface area contributed by atoms with Crippen LogP contribution in [0.4, 0.5) is 4.79 Å². The van der Waals surface area contributed by atoms with Gasteiger partial charge in [0.1, 0.15) is 6.10 Å². The summed E-state index contributed by atoms with van der Waals surface area (Å²) in [7, 11) is 0. The molecule has 3 atom stereocenters. The fourth-order valence-corrected chi connectivity index (χ4v) is 3.81. The highest BCUT2D eigenvalue weighted by molar-refractivity contribution is 5.66. The fraction of sp³-hybridized carbons (Fsp3) is 0.966. The van der Waals surface area contributed by atoms with Crippen LogP contribution >= 0.6 is 0 Å². The predicted octanol–water partition coefficient (Wildman–Crippen LogP) is 15.8. The van der Waals surface area contributed by atoms with Crippen molar-refractivity contribution in [1.82, 2.24) is 10.6 Å². The average molecular weight is 1100 g/mol. The average Bonchev–Trinajstić information content (AvgIpc) is 3.30. The molecule has 0 aliphatic carbocycles. The van der Waals surface area contributed by atoms with E-state index in [1.54, 1.807) is 0 Å². The molecule has 0 aromatic rings. The molecule has 0 radical (unpaired) electrons. The molecule has 1 amide bonds. The lowest BCUT2D eigenvalue weighted by Gasteiger charge is -2.09. The molecule has 0 aromatic heterocycles. The number of aliphatic hydroxyl groups is 3. The molecule has 0 spiro atoms. The second-order valence-electron chi connectivity index (χ2n) is 14.0. The molecule has 0 heterocycles. The number of ether oxygens (including phenoxy) is 7. The van der Waals surface area contributed by atoms with Crippen molar-refractivity contribution in [3.63, 3.8) is 0 Å². The number of amides is 1. The number of carbonyl (C=O) groups excluding carboxylic acids is 3. The first-order valence-electron chi connectivity index (χ1n) is 24.9. The van der Waals surface area contributed by atoms with Crippen molar-refractivity contribution in [2.75, 3.05) is 106 Å². The number of aliphatic hydroxyl groups excluding tert-OH is 3. The summed E-state index contributed by atoms with van der Waals surface area (Å²) >= 11 is 0. The van der Waals surface area contributed by atoms with Crippen molar-refractivity contribution >= 4 is 12.2 Å². The number of hydrogen-bond donors (Lipinski definition) is 5. The smallest absolute Gasteiger partial charge is 0.407 e. The molecule has 0 saturated carbocycles. The van der Waals surface area contributed by atoms with Crippen LogP contribution in [0.3, 0.4) is 0 Å². The topological polar surface area (TPSA) is 201 Å². The first kappa shape index (κ1) is 125. The SMILES string of the molecule is C.C.C.C.C.C.C.C.C.C.CCC(C)CC.CCCCC(O)COCC.CCCOC(=O)NCC.CCCOCC.CCCOCC(O)COCC.CCNCCOCC.CCOCCCCC(O)CC.O=C=O. The molecule has 3 unspecified atom stereocenters. The number of likely N-dealkylation sites (N-methyl/N-ethyl adjacent to an activating group) is 1. The molecule has 5 N–H and O–H groups in total. The molecule has 0 bridgehead atoms. The molecule has 0 saturated heterocycles. The summed E-state index contributed by atoms with van der Waals surface area (Å²) in [6.07, 6.45) is 11.8. The number of carbonyl (C=O) groups is 1. The molecular formula is C59H150N2O13. The van der Waals surface area contributed by atoms with Gasteiger partial charge in [-0.15, -0.1) is 0 Å². The highest BCUT2D eigenvalue weighted by Crippen LogP contribution is 2.04. The number of unbranched alkanes of at least 4 members (excludes halogenated alkanes) is 2. The van der Waals surface area contributed by atoms with Gasteiger partial charge in [0.05, 0.1) is 45.2 Å². The summed E-state index contributed by atoms with van der Waals surface area (Å²) < 4.78 is 35.1. The lowest BCUT2D eigenvalue weighted by atomic mass is 10.1. The Morgan fingerprint density at radius 1 is 0.432 bits per heavy atom. The minimum absolute atomic E-state index is 0. The Morgan fingerprint density at radius 3 is 1.15 bits per heavy atom. The maximum absolute atomic E-state index is 10.5. The lowest BCUT2D eigenvalue weighted by molar-refractivity contribution is -0.191. The summed E-state index contributed by atoms with van der Waals surface area (Å²) in [5.41, 5.74) is 0. The molecule has 0 aliphatic heterocycles. The van der Waals surface area contributed by atoms with Gasteiger partial charge in [0.15, 0.2) is 0 Å². The van der Waals surface area contributed by atoms with Crippen molar-refractivity contribution in [2.45, 2.75) is 273 Å². The Labute approximate surface area is 469 Å². The molecule has 474 valence electrons. The van der Waals surface area contributed by atoms with E-state index in [1.807, 2.05) is 62.3 Å². The zero-order valence-corrected chi connectivity index (χ0v) is 44.5.